The molecule has 2 aliphatic rings. The maximum Gasteiger partial charge on any atom is 0.263 e. The average Bonchev–Trinajstić information content (AvgIpc) is 2.75. The van der Waals surface area contributed by atoms with Crippen molar-refractivity contribution in [1.29, 1.82) is 0 Å². The summed E-state index contributed by atoms with van der Waals surface area (Å²) in [6.45, 7) is 0.663. The molecule has 3 rings (SSSR count). The summed E-state index contributed by atoms with van der Waals surface area (Å²) in [6.07, 6.45) is 9.13. The lowest BCUT2D eigenvalue weighted by molar-refractivity contribution is -0.684. The first-order valence-electron chi connectivity index (χ1n) is 7.55. The first-order valence-corrected chi connectivity index (χ1v) is 8.36. The van der Waals surface area contributed by atoms with Crippen molar-refractivity contribution in [2.24, 2.45) is 7.05 Å². The number of nitrogens with zero attached hydrogens (tertiary/aromatic N) is 1. The highest BCUT2D eigenvalue weighted by atomic mass is 32.1. The minimum Gasteiger partial charge on any atom is -0.390 e. The molecule has 0 saturated heterocycles. The quantitative estimate of drug-likeness (QED) is 0.863. The molecule has 4 heteroatoms. The van der Waals surface area contributed by atoms with Crippen LogP contribution in [0.1, 0.15) is 54.1 Å². The Kier molecular flexibility index (Phi) is 4.20. The molecule has 0 aliphatic heterocycles. The fourth-order valence-corrected chi connectivity index (χ4v) is 4.53. The van der Waals surface area contributed by atoms with Gasteiger partial charge in [-0.3, -0.25) is 0 Å². The van der Waals surface area contributed by atoms with E-state index in [0.717, 1.165) is 19.3 Å². The van der Waals surface area contributed by atoms with Crippen LogP contribution >= 0.6 is 11.3 Å². The highest BCUT2D eigenvalue weighted by Crippen LogP contribution is 2.27. The smallest absolute Gasteiger partial charge is 0.263 e. The predicted octanol–water partition coefficient (Wildman–Crippen LogP) is 2.27. The van der Waals surface area contributed by atoms with E-state index in [1.165, 1.54) is 42.8 Å². The number of thiazole rings is 1. The molecular weight excluding hydrogens is 258 g/mol. The first kappa shape index (κ1) is 13.5. The van der Waals surface area contributed by atoms with Gasteiger partial charge in [-0.1, -0.05) is 24.2 Å². The number of aromatic nitrogens is 1. The molecular formula is C15H24NO2S+. The summed E-state index contributed by atoms with van der Waals surface area (Å²) in [5, 5.41) is 11.3. The number of aliphatic hydroxyl groups is 1. The van der Waals surface area contributed by atoms with Gasteiger partial charge in [-0.05, 0) is 32.1 Å². The second kappa shape index (κ2) is 5.90. The van der Waals surface area contributed by atoms with Crippen LogP contribution in [0.25, 0.3) is 0 Å². The van der Waals surface area contributed by atoms with Gasteiger partial charge in [-0.15, -0.1) is 0 Å². The monoisotopic (exact) mass is 282 g/mol. The third-order valence-electron chi connectivity index (χ3n) is 4.50. The second-order valence-corrected chi connectivity index (χ2v) is 7.00. The third-order valence-corrected chi connectivity index (χ3v) is 5.81. The van der Waals surface area contributed by atoms with Gasteiger partial charge in [0.05, 0.1) is 17.1 Å². The highest BCUT2D eigenvalue weighted by molar-refractivity contribution is 7.11. The number of hydrogen-bond acceptors (Lipinski definition) is 3. The maximum atomic E-state index is 9.95. The summed E-state index contributed by atoms with van der Waals surface area (Å²) in [7, 11) is 2.16. The van der Waals surface area contributed by atoms with Crippen molar-refractivity contribution in [2.75, 3.05) is 0 Å². The van der Waals surface area contributed by atoms with Gasteiger partial charge in [0.25, 0.3) is 5.01 Å². The van der Waals surface area contributed by atoms with Crippen LogP contribution < -0.4 is 4.57 Å². The van der Waals surface area contributed by atoms with E-state index >= 15 is 0 Å². The SMILES string of the molecule is C[n+]1c(COC2CCCCC2O)sc2c1CCCC2. The number of fused-ring (bicyclic) bond motifs is 1. The minimum absolute atomic E-state index is 0.0490. The lowest BCUT2D eigenvalue weighted by Gasteiger charge is -2.26. The normalized spacial score (nSPS) is 27.3. The van der Waals surface area contributed by atoms with Gasteiger partial charge in [0.1, 0.15) is 13.7 Å². The molecule has 2 atom stereocenters. The van der Waals surface area contributed by atoms with E-state index in [-0.39, 0.29) is 12.2 Å². The molecule has 0 radical (unpaired) electrons. The van der Waals surface area contributed by atoms with Crippen molar-refractivity contribution in [2.45, 2.75) is 70.2 Å². The Morgan fingerprint density at radius 3 is 2.79 bits per heavy atom. The lowest BCUT2D eigenvalue weighted by atomic mass is 9.95. The van der Waals surface area contributed by atoms with E-state index < -0.39 is 0 Å². The van der Waals surface area contributed by atoms with Crippen molar-refractivity contribution < 1.29 is 14.4 Å². The molecule has 0 aromatic carbocycles. The van der Waals surface area contributed by atoms with Gasteiger partial charge in [-0.25, -0.2) is 0 Å². The van der Waals surface area contributed by atoms with Crippen LogP contribution in [0, 0.1) is 0 Å². The third kappa shape index (κ3) is 2.86. The fraction of sp³-hybridized carbons (Fsp3) is 0.800. The summed E-state index contributed by atoms with van der Waals surface area (Å²) in [5.74, 6) is 0. The number of ether oxygens (including phenoxy) is 1. The Bertz CT molecular complexity index is 444. The Labute approximate surface area is 119 Å². The molecule has 19 heavy (non-hydrogen) atoms. The van der Waals surface area contributed by atoms with E-state index in [0.29, 0.717) is 6.61 Å². The van der Waals surface area contributed by atoms with Crippen molar-refractivity contribution in [3.8, 4) is 0 Å². The fourth-order valence-electron chi connectivity index (χ4n) is 3.26. The summed E-state index contributed by atoms with van der Waals surface area (Å²) in [4.78, 5) is 1.55. The van der Waals surface area contributed by atoms with E-state index in [9.17, 15) is 5.11 Å². The molecule has 1 aromatic rings. The van der Waals surface area contributed by atoms with Gasteiger partial charge in [-0.2, -0.15) is 4.57 Å². The summed E-state index contributed by atoms with van der Waals surface area (Å²) in [6, 6.07) is 0. The summed E-state index contributed by atoms with van der Waals surface area (Å²) >= 11 is 1.91. The van der Waals surface area contributed by atoms with Crippen LogP contribution in [0.5, 0.6) is 0 Å². The van der Waals surface area contributed by atoms with E-state index in [1.54, 1.807) is 4.88 Å². The summed E-state index contributed by atoms with van der Waals surface area (Å²) < 4.78 is 8.31. The molecule has 1 aromatic heterocycles. The van der Waals surface area contributed by atoms with Crippen LogP contribution in [0.4, 0.5) is 0 Å². The van der Waals surface area contributed by atoms with Gasteiger partial charge < -0.3 is 9.84 Å². The zero-order valence-corrected chi connectivity index (χ0v) is 12.5. The molecule has 1 N–H and O–H groups in total. The van der Waals surface area contributed by atoms with Crippen molar-refractivity contribution in [3.05, 3.63) is 15.6 Å². The Morgan fingerprint density at radius 1 is 1.21 bits per heavy atom. The van der Waals surface area contributed by atoms with E-state index in [1.807, 2.05) is 11.3 Å². The molecule has 0 amide bonds. The zero-order chi connectivity index (χ0) is 13.2. The van der Waals surface area contributed by atoms with E-state index in [4.69, 9.17) is 4.74 Å². The molecule has 2 aliphatic carbocycles. The molecule has 0 bridgehead atoms. The largest absolute Gasteiger partial charge is 0.390 e. The van der Waals surface area contributed by atoms with Crippen LogP contribution in [-0.2, 0) is 31.2 Å². The van der Waals surface area contributed by atoms with Crippen molar-refractivity contribution in [1.82, 2.24) is 0 Å². The molecule has 1 saturated carbocycles. The minimum atomic E-state index is -0.256. The van der Waals surface area contributed by atoms with Gasteiger partial charge in [0, 0.05) is 6.42 Å². The molecule has 1 fully saturated rings. The first-order chi connectivity index (χ1) is 9.25. The lowest BCUT2D eigenvalue weighted by Crippen LogP contribution is -2.38. The molecule has 2 unspecified atom stereocenters. The van der Waals surface area contributed by atoms with Gasteiger partial charge >= 0.3 is 0 Å². The second-order valence-electron chi connectivity index (χ2n) is 5.83. The van der Waals surface area contributed by atoms with Crippen LogP contribution in [0.2, 0.25) is 0 Å². The Hall–Kier alpha value is -0.450. The zero-order valence-electron chi connectivity index (χ0n) is 11.7. The predicted molar refractivity (Wildman–Crippen MR) is 75.2 cm³/mol. The number of aliphatic hydroxyl groups excluding tert-OH is 1. The molecule has 1 heterocycles. The van der Waals surface area contributed by atoms with E-state index in [2.05, 4.69) is 11.6 Å². The number of rotatable bonds is 3. The van der Waals surface area contributed by atoms with Gasteiger partial charge in [0.2, 0.25) is 0 Å². The molecule has 3 nitrogen and oxygen atoms in total. The topological polar surface area (TPSA) is 33.3 Å². The number of hydrogen-bond donors (Lipinski definition) is 1. The van der Waals surface area contributed by atoms with Crippen LogP contribution in [-0.4, -0.2) is 17.3 Å². The van der Waals surface area contributed by atoms with Crippen LogP contribution in [0.3, 0.4) is 0 Å². The van der Waals surface area contributed by atoms with Crippen molar-refractivity contribution in [3.63, 3.8) is 0 Å². The maximum absolute atomic E-state index is 9.95. The Morgan fingerprint density at radius 2 is 2.00 bits per heavy atom. The standard InChI is InChI=1S/C15H24NO2S/c1-16-11-6-2-5-9-14(11)19-15(16)10-18-13-8-4-3-7-12(13)17/h12-13,17H,2-10H2,1H3/q+1. The van der Waals surface area contributed by atoms with Crippen LogP contribution in [0.15, 0.2) is 0 Å². The summed E-state index contributed by atoms with van der Waals surface area (Å²) in [5.41, 5.74) is 1.51. The number of aryl methyl sites for hydroxylation is 1. The Balaban J connectivity index is 1.65. The van der Waals surface area contributed by atoms with Crippen molar-refractivity contribution >= 4 is 11.3 Å². The highest BCUT2D eigenvalue weighted by Gasteiger charge is 2.28. The average molecular weight is 282 g/mol. The van der Waals surface area contributed by atoms with Gasteiger partial charge in [0.15, 0.2) is 5.69 Å². The molecule has 106 valence electrons. The molecule has 0 spiro atoms.